The van der Waals surface area contributed by atoms with Gasteiger partial charge in [-0.25, -0.2) is 0 Å². The van der Waals surface area contributed by atoms with Crippen molar-refractivity contribution in [1.29, 1.82) is 0 Å². The number of nitrogens with zero attached hydrogens (tertiary/aromatic N) is 1. The molecular weight excluding hydrogens is 202 g/mol. The summed E-state index contributed by atoms with van der Waals surface area (Å²) in [6.07, 6.45) is 3.13. The minimum absolute atomic E-state index is 0.147. The van der Waals surface area contributed by atoms with Crippen LogP contribution in [0.25, 0.3) is 0 Å². The van der Waals surface area contributed by atoms with E-state index in [1.165, 1.54) is 0 Å². The second-order valence-electron chi connectivity index (χ2n) is 3.73. The van der Waals surface area contributed by atoms with Crippen LogP contribution in [0.5, 0.6) is 0 Å². The third-order valence-electron chi connectivity index (χ3n) is 2.56. The van der Waals surface area contributed by atoms with Gasteiger partial charge < -0.3 is 4.90 Å². The van der Waals surface area contributed by atoms with Gasteiger partial charge >= 0.3 is 0 Å². The molecule has 0 aliphatic carbocycles. The number of carbonyl (C=O) groups excluding carboxylic acids is 2. The van der Waals surface area contributed by atoms with Gasteiger partial charge in [0.2, 0.25) is 11.1 Å². The molecule has 3 nitrogen and oxygen atoms in total. The molecule has 0 N–H and O–H groups in total. The van der Waals surface area contributed by atoms with Gasteiger partial charge in [0.05, 0.1) is 5.92 Å². The maximum absolute atomic E-state index is 11.5. The van der Waals surface area contributed by atoms with Gasteiger partial charge in [-0.1, -0.05) is 6.92 Å². The summed E-state index contributed by atoms with van der Waals surface area (Å²) in [4.78, 5) is 24.3. The molecule has 1 saturated heterocycles. The number of piperidine rings is 1. The summed E-state index contributed by atoms with van der Waals surface area (Å²) in [5, 5.41) is -0.306. The van der Waals surface area contributed by atoms with E-state index in [1.54, 1.807) is 4.90 Å². The molecule has 0 aromatic carbocycles. The minimum atomic E-state index is -0.306. The maximum atomic E-state index is 11.5. The highest BCUT2D eigenvalue weighted by atomic mass is 35.5. The van der Waals surface area contributed by atoms with Crippen molar-refractivity contribution in [3.63, 3.8) is 0 Å². The van der Waals surface area contributed by atoms with Crippen LogP contribution in [0.15, 0.2) is 0 Å². The topological polar surface area (TPSA) is 37.4 Å². The van der Waals surface area contributed by atoms with E-state index in [2.05, 4.69) is 0 Å². The Balaban J connectivity index is 2.47. The van der Waals surface area contributed by atoms with Crippen LogP contribution >= 0.6 is 11.6 Å². The molecule has 1 aliphatic heterocycles. The van der Waals surface area contributed by atoms with Crippen molar-refractivity contribution >= 4 is 22.8 Å². The maximum Gasteiger partial charge on any atom is 0.226 e. The second kappa shape index (κ2) is 5.35. The van der Waals surface area contributed by atoms with E-state index in [1.807, 2.05) is 6.92 Å². The quantitative estimate of drug-likeness (QED) is 0.676. The Labute approximate surface area is 89.4 Å². The Kier molecular flexibility index (Phi) is 4.39. The fourth-order valence-electron chi connectivity index (χ4n) is 1.76. The normalized spacial score (nSPS) is 22.1. The highest BCUT2D eigenvalue weighted by Gasteiger charge is 2.26. The van der Waals surface area contributed by atoms with Crippen molar-refractivity contribution in [2.75, 3.05) is 13.1 Å². The van der Waals surface area contributed by atoms with Crippen LogP contribution in [0.2, 0.25) is 0 Å². The van der Waals surface area contributed by atoms with Crippen molar-refractivity contribution in [2.45, 2.75) is 32.6 Å². The van der Waals surface area contributed by atoms with Gasteiger partial charge in [0.25, 0.3) is 0 Å². The van der Waals surface area contributed by atoms with Crippen molar-refractivity contribution in [2.24, 2.45) is 5.92 Å². The summed E-state index contributed by atoms with van der Waals surface area (Å²) in [6.45, 7) is 3.27. The van der Waals surface area contributed by atoms with Gasteiger partial charge in [-0.2, -0.15) is 0 Å². The van der Waals surface area contributed by atoms with E-state index < -0.39 is 0 Å². The first-order chi connectivity index (χ1) is 6.65. The molecule has 80 valence electrons. The minimum Gasteiger partial charge on any atom is -0.342 e. The Morgan fingerprint density at radius 3 is 2.79 bits per heavy atom. The van der Waals surface area contributed by atoms with E-state index in [0.717, 1.165) is 25.8 Å². The van der Waals surface area contributed by atoms with E-state index >= 15 is 0 Å². The summed E-state index contributed by atoms with van der Waals surface area (Å²) < 4.78 is 0. The van der Waals surface area contributed by atoms with Crippen molar-refractivity contribution in [3.8, 4) is 0 Å². The van der Waals surface area contributed by atoms with E-state index in [-0.39, 0.29) is 17.1 Å². The zero-order valence-electron chi connectivity index (χ0n) is 8.46. The molecule has 1 heterocycles. The standard InChI is InChI=1S/C10H16ClNO2/c1-2-4-9(13)12-6-3-5-8(7-12)10(11)14/h8H,2-7H2,1H3. The third kappa shape index (κ3) is 2.98. The summed E-state index contributed by atoms with van der Waals surface area (Å²) >= 11 is 5.43. The molecule has 0 saturated carbocycles. The third-order valence-corrected chi connectivity index (χ3v) is 2.87. The fraction of sp³-hybridized carbons (Fsp3) is 0.800. The molecule has 1 atom stereocenters. The molecule has 4 heteroatoms. The molecule has 1 amide bonds. The molecule has 1 rings (SSSR count). The highest BCUT2D eigenvalue weighted by molar-refractivity contribution is 6.64. The highest BCUT2D eigenvalue weighted by Crippen LogP contribution is 2.19. The molecule has 1 fully saturated rings. The first kappa shape index (κ1) is 11.5. The van der Waals surface area contributed by atoms with Gasteiger partial charge in [-0.15, -0.1) is 0 Å². The summed E-state index contributed by atoms with van der Waals surface area (Å²) in [5.74, 6) is 0.00124. The largest absolute Gasteiger partial charge is 0.342 e. The average molecular weight is 218 g/mol. The molecule has 0 aromatic heterocycles. The number of amides is 1. The van der Waals surface area contributed by atoms with Crippen molar-refractivity contribution in [3.05, 3.63) is 0 Å². The monoisotopic (exact) mass is 217 g/mol. The Hall–Kier alpha value is -0.570. The van der Waals surface area contributed by atoms with Crippen LogP contribution in [0, 0.1) is 5.92 Å². The summed E-state index contributed by atoms with van der Waals surface area (Å²) in [7, 11) is 0. The lowest BCUT2D eigenvalue weighted by Gasteiger charge is -2.30. The molecule has 0 radical (unpaired) electrons. The van der Waals surface area contributed by atoms with Gasteiger partial charge in [-0.3, -0.25) is 9.59 Å². The van der Waals surface area contributed by atoms with E-state index in [4.69, 9.17) is 11.6 Å². The Morgan fingerprint density at radius 1 is 1.50 bits per heavy atom. The van der Waals surface area contributed by atoms with Gasteiger partial charge in [-0.05, 0) is 30.9 Å². The lowest BCUT2D eigenvalue weighted by Crippen LogP contribution is -2.41. The van der Waals surface area contributed by atoms with Gasteiger partial charge in [0.1, 0.15) is 0 Å². The van der Waals surface area contributed by atoms with Crippen LogP contribution < -0.4 is 0 Å². The Morgan fingerprint density at radius 2 is 2.21 bits per heavy atom. The van der Waals surface area contributed by atoms with Crippen LogP contribution in [0.1, 0.15) is 32.6 Å². The molecule has 0 aromatic rings. The molecule has 14 heavy (non-hydrogen) atoms. The van der Waals surface area contributed by atoms with Crippen molar-refractivity contribution in [1.82, 2.24) is 4.90 Å². The van der Waals surface area contributed by atoms with Crippen LogP contribution in [0.3, 0.4) is 0 Å². The van der Waals surface area contributed by atoms with Gasteiger partial charge in [0.15, 0.2) is 0 Å². The lowest BCUT2D eigenvalue weighted by molar-refractivity contribution is -0.134. The Bertz CT molecular complexity index is 230. The first-order valence-electron chi connectivity index (χ1n) is 5.12. The summed E-state index contributed by atoms with van der Waals surface area (Å²) in [6, 6.07) is 0. The molecular formula is C10H16ClNO2. The smallest absolute Gasteiger partial charge is 0.226 e. The predicted molar refractivity (Wildman–Crippen MR) is 55.1 cm³/mol. The number of rotatable bonds is 3. The van der Waals surface area contributed by atoms with E-state index in [9.17, 15) is 9.59 Å². The molecule has 1 aliphatic rings. The number of hydrogen-bond donors (Lipinski definition) is 0. The molecule has 0 bridgehead atoms. The van der Waals surface area contributed by atoms with Crippen LogP contribution in [0.4, 0.5) is 0 Å². The zero-order chi connectivity index (χ0) is 10.6. The molecule has 0 spiro atoms. The zero-order valence-corrected chi connectivity index (χ0v) is 9.22. The number of carbonyl (C=O) groups is 2. The SMILES string of the molecule is CCCC(=O)N1CCCC(C(=O)Cl)C1. The number of hydrogen-bond acceptors (Lipinski definition) is 2. The fourth-order valence-corrected chi connectivity index (χ4v) is 1.94. The summed E-state index contributed by atoms with van der Waals surface area (Å²) in [5.41, 5.74) is 0. The number of likely N-dealkylation sites (tertiary alicyclic amines) is 1. The molecule has 1 unspecified atom stereocenters. The van der Waals surface area contributed by atoms with Crippen molar-refractivity contribution < 1.29 is 9.59 Å². The van der Waals surface area contributed by atoms with E-state index in [0.29, 0.717) is 13.0 Å². The van der Waals surface area contributed by atoms with Crippen LogP contribution in [-0.4, -0.2) is 29.1 Å². The van der Waals surface area contributed by atoms with Crippen LogP contribution in [-0.2, 0) is 9.59 Å². The predicted octanol–water partition coefficient (Wildman–Crippen LogP) is 1.79. The number of halogens is 1. The van der Waals surface area contributed by atoms with Gasteiger partial charge in [0, 0.05) is 19.5 Å². The lowest BCUT2D eigenvalue weighted by atomic mass is 9.99. The second-order valence-corrected chi connectivity index (χ2v) is 4.11. The first-order valence-corrected chi connectivity index (χ1v) is 5.50. The average Bonchev–Trinajstić information content (AvgIpc) is 2.18.